The van der Waals surface area contributed by atoms with E-state index >= 15 is 0 Å². The summed E-state index contributed by atoms with van der Waals surface area (Å²) >= 11 is 10.7. The van der Waals surface area contributed by atoms with Gasteiger partial charge in [-0.2, -0.15) is 4.37 Å². The largest absolute Gasteiger partial charge is 0.326 e. The molecule has 0 radical (unpaired) electrons. The van der Waals surface area contributed by atoms with Crippen LogP contribution in [0.5, 0.6) is 0 Å². The molecule has 1 unspecified atom stereocenters. The average Bonchev–Trinajstić information content (AvgIpc) is 2.91. The fraction of sp³-hybridized carbons (Fsp3) is 0.125. The van der Waals surface area contributed by atoms with E-state index in [0.717, 1.165) is 25.9 Å². The molecule has 0 aliphatic carbocycles. The molecule has 1 atom stereocenters. The zero-order valence-electron chi connectivity index (χ0n) is 11.6. The number of benzene rings is 2. The Bertz CT molecular complexity index is 832. The highest BCUT2D eigenvalue weighted by Gasteiger charge is 2.20. The van der Waals surface area contributed by atoms with Gasteiger partial charge in [0.15, 0.2) is 0 Å². The first-order valence-electron chi connectivity index (χ1n) is 6.66. The molecular weight excluding hydrogens is 384 g/mol. The first-order chi connectivity index (χ1) is 10.5. The maximum absolute atomic E-state index is 12.4. The van der Waals surface area contributed by atoms with E-state index in [-0.39, 0.29) is 11.8 Å². The molecule has 0 bridgehead atoms. The van der Waals surface area contributed by atoms with Crippen molar-refractivity contribution in [2.45, 2.75) is 12.8 Å². The molecule has 3 aromatic rings. The molecule has 1 amide bonds. The molecule has 0 spiro atoms. The number of halogens is 2. The van der Waals surface area contributed by atoms with Crippen LogP contribution in [0, 0.1) is 0 Å². The summed E-state index contributed by atoms with van der Waals surface area (Å²) in [5.41, 5.74) is 1.55. The maximum atomic E-state index is 12.4. The summed E-state index contributed by atoms with van der Waals surface area (Å²) in [7, 11) is 0. The van der Waals surface area contributed by atoms with Crippen molar-refractivity contribution in [3.63, 3.8) is 0 Å². The van der Waals surface area contributed by atoms with Crippen LogP contribution in [0.2, 0.25) is 5.02 Å². The summed E-state index contributed by atoms with van der Waals surface area (Å²) in [5, 5.41) is 4.57. The summed E-state index contributed by atoms with van der Waals surface area (Å²) < 4.78 is 6.39. The second-order valence-electron chi connectivity index (χ2n) is 4.93. The highest BCUT2D eigenvalue weighted by molar-refractivity contribution is 9.10. The van der Waals surface area contributed by atoms with Crippen molar-refractivity contribution in [1.29, 1.82) is 0 Å². The molecule has 0 fully saturated rings. The molecule has 1 N–H and O–H groups in total. The summed E-state index contributed by atoms with van der Waals surface area (Å²) in [6.07, 6.45) is 0. The van der Waals surface area contributed by atoms with Crippen molar-refractivity contribution in [2.24, 2.45) is 0 Å². The third-order valence-corrected chi connectivity index (χ3v) is 4.96. The molecule has 1 heterocycles. The summed E-state index contributed by atoms with van der Waals surface area (Å²) in [4.78, 5) is 12.4. The van der Waals surface area contributed by atoms with Crippen LogP contribution in [0.1, 0.15) is 18.5 Å². The van der Waals surface area contributed by atoms with Gasteiger partial charge in [0.2, 0.25) is 5.91 Å². The molecular formula is C16H12BrClN2OS. The van der Waals surface area contributed by atoms with Crippen LogP contribution in [0.4, 0.5) is 5.69 Å². The zero-order chi connectivity index (χ0) is 15.7. The number of nitrogens with zero attached hydrogens (tertiary/aromatic N) is 1. The van der Waals surface area contributed by atoms with Gasteiger partial charge >= 0.3 is 0 Å². The van der Waals surface area contributed by atoms with Gasteiger partial charge in [0.05, 0.1) is 16.3 Å². The molecule has 0 saturated heterocycles. The van der Waals surface area contributed by atoms with Gasteiger partial charge in [0.1, 0.15) is 0 Å². The second-order valence-corrected chi connectivity index (χ2v) is 7.08. The molecule has 0 aliphatic heterocycles. The molecule has 112 valence electrons. The number of aromatic nitrogens is 1. The highest BCUT2D eigenvalue weighted by atomic mass is 79.9. The standard InChI is InChI=1S/C16H12BrClN2OS/c1-9(16(21)19-12-5-2-10(17)3-6-12)15-13-7-4-11(18)8-14(13)22-20-15/h2-9H,1H3,(H,19,21). The quantitative estimate of drug-likeness (QED) is 0.640. The normalized spacial score (nSPS) is 12.3. The Morgan fingerprint density at radius 1 is 1.27 bits per heavy atom. The lowest BCUT2D eigenvalue weighted by Crippen LogP contribution is -2.19. The van der Waals surface area contributed by atoms with Gasteiger partial charge in [-0.1, -0.05) is 33.6 Å². The number of carbonyl (C=O) groups excluding carboxylic acids is 1. The predicted molar refractivity (Wildman–Crippen MR) is 95.8 cm³/mol. The third-order valence-electron chi connectivity index (χ3n) is 3.38. The number of rotatable bonds is 3. The molecule has 0 saturated carbocycles. The number of hydrogen-bond acceptors (Lipinski definition) is 3. The molecule has 6 heteroatoms. The van der Waals surface area contributed by atoms with Crippen LogP contribution in [0.15, 0.2) is 46.9 Å². The van der Waals surface area contributed by atoms with E-state index in [2.05, 4.69) is 25.6 Å². The second kappa shape index (κ2) is 6.36. The van der Waals surface area contributed by atoms with Gasteiger partial charge in [0.25, 0.3) is 0 Å². The van der Waals surface area contributed by atoms with E-state index in [9.17, 15) is 4.79 Å². The number of nitrogens with one attached hydrogen (secondary N) is 1. The van der Waals surface area contributed by atoms with E-state index in [1.165, 1.54) is 11.5 Å². The topological polar surface area (TPSA) is 42.0 Å². The van der Waals surface area contributed by atoms with Gasteiger partial charge in [-0.05, 0) is 54.9 Å². The number of anilines is 1. The van der Waals surface area contributed by atoms with Crippen molar-refractivity contribution in [1.82, 2.24) is 4.37 Å². The van der Waals surface area contributed by atoms with Gasteiger partial charge in [-0.3, -0.25) is 4.79 Å². The molecule has 3 nitrogen and oxygen atoms in total. The lowest BCUT2D eigenvalue weighted by atomic mass is 10.0. The van der Waals surface area contributed by atoms with Crippen LogP contribution in [0.25, 0.3) is 10.1 Å². The Labute approximate surface area is 145 Å². The van der Waals surface area contributed by atoms with Gasteiger partial charge in [-0.25, -0.2) is 0 Å². The van der Waals surface area contributed by atoms with E-state index in [0.29, 0.717) is 5.02 Å². The van der Waals surface area contributed by atoms with Crippen molar-refractivity contribution in [3.05, 3.63) is 57.7 Å². The molecule has 2 aromatic carbocycles. The number of hydrogen-bond donors (Lipinski definition) is 1. The number of amides is 1. The maximum Gasteiger partial charge on any atom is 0.233 e. The van der Waals surface area contributed by atoms with Crippen molar-refractivity contribution >= 4 is 60.7 Å². The number of fused-ring (bicyclic) bond motifs is 1. The zero-order valence-corrected chi connectivity index (χ0v) is 14.8. The van der Waals surface area contributed by atoms with Crippen LogP contribution in [0.3, 0.4) is 0 Å². The predicted octanol–water partition coefficient (Wildman–Crippen LogP) is 5.45. The monoisotopic (exact) mass is 394 g/mol. The van der Waals surface area contributed by atoms with E-state index < -0.39 is 0 Å². The SMILES string of the molecule is CC(C(=O)Nc1ccc(Br)cc1)c1nsc2cc(Cl)ccc12. The van der Waals surface area contributed by atoms with Gasteiger partial charge in [-0.15, -0.1) is 0 Å². The molecule has 3 rings (SSSR count). The Balaban J connectivity index is 1.84. The third kappa shape index (κ3) is 3.16. The lowest BCUT2D eigenvalue weighted by molar-refractivity contribution is -0.117. The van der Waals surface area contributed by atoms with Crippen molar-refractivity contribution in [3.8, 4) is 0 Å². The first kappa shape index (κ1) is 15.5. The first-order valence-corrected chi connectivity index (χ1v) is 8.60. The molecule has 0 aliphatic rings. The molecule has 1 aromatic heterocycles. The minimum atomic E-state index is -0.335. The van der Waals surface area contributed by atoms with Crippen LogP contribution >= 0.6 is 39.1 Å². The van der Waals surface area contributed by atoms with Crippen LogP contribution in [-0.4, -0.2) is 10.3 Å². The van der Waals surface area contributed by atoms with Crippen LogP contribution < -0.4 is 5.32 Å². The average molecular weight is 396 g/mol. The Kier molecular flexibility index (Phi) is 4.47. The van der Waals surface area contributed by atoms with E-state index in [4.69, 9.17) is 11.6 Å². The summed E-state index contributed by atoms with van der Waals surface area (Å²) in [5.74, 6) is -0.414. The lowest BCUT2D eigenvalue weighted by Gasteiger charge is -2.11. The van der Waals surface area contributed by atoms with E-state index in [1.807, 2.05) is 49.4 Å². The summed E-state index contributed by atoms with van der Waals surface area (Å²) in [6.45, 7) is 1.86. The van der Waals surface area contributed by atoms with Crippen molar-refractivity contribution in [2.75, 3.05) is 5.32 Å². The Morgan fingerprint density at radius 3 is 2.73 bits per heavy atom. The molecule has 22 heavy (non-hydrogen) atoms. The summed E-state index contributed by atoms with van der Waals surface area (Å²) in [6, 6.07) is 13.1. The smallest absolute Gasteiger partial charge is 0.233 e. The Hall–Kier alpha value is -1.43. The van der Waals surface area contributed by atoms with E-state index in [1.54, 1.807) is 0 Å². The fourth-order valence-corrected chi connectivity index (χ4v) is 3.56. The van der Waals surface area contributed by atoms with Crippen molar-refractivity contribution < 1.29 is 4.79 Å². The van der Waals surface area contributed by atoms with Gasteiger partial charge in [0, 0.05) is 20.6 Å². The van der Waals surface area contributed by atoms with Gasteiger partial charge < -0.3 is 5.32 Å². The fourth-order valence-electron chi connectivity index (χ4n) is 2.15. The van der Waals surface area contributed by atoms with Crippen LogP contribution in [-0.2, 0) is 4.79 Å². The minimum Gasteiger partial charge on any atom is -0.326 e. The highest BCUT2D eigenvalue weighted by Crippen LogP contribution is 2.31. The number of carbonyl (C=O) groups is 1. The Morgan fingerprint density at radius 2 is 2.00 bits per heavy atom. The minimum absolute atomic E-state index is 0.0792.